The van der Waals surface area contributed by atoms with Crippen LogP contribution in [0, 0.1) is 0 Å². The third-order valence-corrected chi connectivity index (χ3v) is 9.06. The highest BCUT2D eigenvalue weighted by Gasteiger charge is 2.55. The summed E-state index contributed by atoms with van der Waals surface area (Å²) < 4.78 is 23.6. The topological polar surface area (TPSA) is 127 Å². The second-order valence-corrected chi connectivity index (χ2v) is 13.5. The minimum Gasteiger partial charge on any atom is -0.462 e. The summed E-state index contributed by atoms with van der Waals surface area (Å²) in [6.07, 6.45) is -0.802. The SMILES string of the molecule is C=C1C=CN([C@@H]2O[C@H](COP(=S)(NC(C)C(=O)OC(C)C)Oc3cccc4ccccc34)[C@@H](O)[C@@]2(C)O)C(=O)C1. The summed E-state index contributed by atoms with van der Waals surface area (Å²) in [4.78, 5) is 26.4. The number of hydrogen-bond acceptors (Lipinski definition) is 9. The first-order chi connectivity index (χ1) is 18.8. The maximum absolute atomic E-state index is 12.6. The number of ether oxygens (including phenoxy) is 2. The van der Waals surface area contributed by atoms with Gasteiger partial charge in [-0.3, -0.25) is 14.5 Å². The molecule has 2 unspecified atom stereocenters. The number of benzene rings is 2. The fraction of sp³-hybridized carbons (Fsp3) is 0.429. The van der Waals surface area contributed by atoms with Gasteiger partial charge >= 0.3 is 12.6 Å². The van der Waals surface area contributed by atoms with E-state index in [1.165, 1.54) is 18.0 Å². The van der Waals surface area contributed by atoms with Crippen molar-refractivity contribution >= 4 is 41.1 Å². The van der Waals surface area contributed by atoms with Gasteiger partial charge in [-0.05, 0) is 62.6 Å². The van der Waals surface area contributed by atoms with Crippen LogP contribution in [0.3, 0.4) is 0 Å². The molecule has 40 heavy (non-hydrogen) atoms. The van der Waals surface area contributed by atoms with Crippen molar-refractivity contribution in [1.82, 2.24) is 9.99 Å². The van der Waals surface area contributed by atoms with Gasteiger partial charge in [0.15, 0.2) is 6.23 Å². The number of carbonyl (C=O) groups excluding carboxylic acids is 2. The van der Waals surface area contributed by atoms with E-state index in [1.807, 2.05) is 36.4 Å². The van der Waals surface area contributed by atoms with Gasteiger partial charge in [0.05, 0.1) is 19.1 Å². The predicted octanol–water partition coefficient (Wildman–Crippen LogP) is 3.53. The maximum atomic E-state index is 12.6. The highest BCUT2D eigenvalue weighted by atomic mass is 32.5. The number of hydrogen-bond donors (Lipinski definition) is 3. The van der Waals surface area contributed by atoms with Crippen molar-refractivity contribution in [3.8, 4) is 5.75 Å². The molecule has 2 aromatic carbocycles. The molecule has 0 spiro atoms. The quantitative estimate of drug-likeness (QED) is 0.279. The predicted molar refractivity (Wildman–Crippen MR) is 154 cm³/mol. The van der Waals surface area contributed by atoms with Gasteiger partial charge < -0.3 is 28.7 Å². The molecular weight excluding hydrogens is 555 g/mol. The number of nitrogens with one attached hydrogen (secondary N) is 1. The molecule has 0 aromatic heterocycles. The Morgan fingerprint density at radius 2 is 1.98 bits per heavy atom. The van der Waals surface area contributed by atoms with Crippen LogP contribution in [0.2, 0.25) is 0 Å². The summed E-state index contributed by atoms with van der Waals surface area (Å²) in [5, 5.41) is 26.8. The largest absolute Gasteiger partial charge is 0.462 e. The third kappa shape index (κ3) is 6.63. The van der Waals surface area contributed by atoms with Crippen molar-refractivity contribution in [2.75, 3.05) is 6.61 Å². The number of aliphatic hydroxyl groups is 2. The number of esters is 1. The monoisotopic (exact) mass is 590 g/mol. The smallest absolute Gasteiger partial charge is 0.323 e. The first-order valence-corrected chi connectivity index (χ1v) is 15.6. The first kappa shape index (κ1) is 30.3. The normalized spacial score (nSPS) is 27.2. The number of aliphatic hydroxyl groups excluding tert-OH is 1. The summed E-state index contributed by atoms with van der Waals surface area (Å²) in [7, 11) is 0. The van der Waals surface area contributed by atoms with Gasteiger partial charge in [0.1, 0.15) is 29.6 Å². The van der Waals surface area contributed by atoms with Crippen molar-refractivity contribution in [1.29, 1.82) is 0 Å². The molecule has 10 nitrogen and oxygen atoms in total. The summed E-state index contributed by atoms with van der Waals surface area (Å²) in [5.41, 5.74) is -1.19. The van der Waals surface area contributed by atoms with E-state index in [2.05, 4.69) is 11.7 Å². The summed E-state index contributed by atoms with van der Waals surface area (Å²) in [5.74, 6) is -0.415. The Morgan fingerprint density at radius 1 is 1.27 bits per heavy atom. The van der Waals surface area contributed by atoms with Crippen molar-refractivity contribution in [2.24, 2.45) is 0 Å². The van der Waals surface area contributed by atoms with E-state index in [1.54, 1.807) is 32.9 Å². The van der Waals surface area contributed by atoms with Crippen LogP contribution < -0.4 is 9.61 Å². The van der Waals surface area contributed by atoms with Crippen molar-refractivity contribution in [3.63, 3.8) is 0 Å². The molecule has 2 heterocycles. The Morgan fingerprint density at radius 3 is 2.67 bits per heavy atom. The molecule has 6 atom stereocenters. The molecule has 0 aliphatic carbocycles. The van der Waals surface area contributed by atoms with Gasteiger partial charge in [0.2, 0.25) is 5.91 Å². The molecule has 1 saturated heterocycles. The maximum Gasteiger partial charge on any atom is 0.323 e. The fourth-order valence-electron chi connectivity index (χ4n) is 4.49. The molecule has 1 amide bonds. The van der Waals surface area contributed by atoms with Crippen LogP contribution in [-0.4, -0.2) is 69.8 Å². The van der Waals surface area contributed by atoms with E-state index < -0.39 is 42.7 Å². The van der Waals surface area contributed by atoms with Crippen molar-refractivity contribution in [3.05, 3.63) is 66.9 Å². The molecule has 1 fully saturated rings. The van der Waals surface area contributed by atoms with E-state index in [4.69, 9.17) is 30.3 Å². The van der Waals surface area contributed by atoms with Gasteiger partial charge in [-0.15, -0.1) is 0 Å². The lowest BCUT2D eigenvalue weighted by molar-refractivity contribution is -0.156. The zero-order valence-corrected chi connectivity index (χ0v) is 24.6. The first-order valence-electron chi connectivity index (χ1n) is 12.9. The van der Waals surface area contributed by atoms with E-state index in [0.29, 0.717) is 11.3 Å². The molecule has 0 bridgehead atoms. The molecule has 2 aliphatic rings. The molecule has 0 radical (unpaired) electrons. The number of carbonyl (C=O) groups is 2. The van der Waals surface area contributed by atoms with E-state index in [-0.39, 0.29) is 25.0 Å². The molecular formula is C28H35N2O8PS. The minimum atomic E-state index is -3.49. The highest BCUT2D eigenvalue weighted by molar-refractivity contribution is 8.09. The van der Waals surface area contributed by atoms with Crippen LogP contribution in [0.4, 0.5) is 0 Å². The lowest BCUT2D eigenvalue weighted by Gasteiger charge is -2.35. The van der Waals surface area contributed by atoms with E-state index >= 15 is 0 Å². The molecule has 3 N–H and O–H groups in total. The summed E-state index contributed by atoms with van der Waals surface area (Å²) in [6, 6.07) is 12.2. The number of fused-ring (bicyclic) bond motifs is 1. The second kappa shape index (κ2) is 12.1. The molecule has 0 saturated carbocycles. The Labute approximate surface area is 238 Å². The van der Waals surface area contributed by atoms with Crippen LogP contribution in [0.15, 0.2) is 66.9 Å². The average Bonchev–Trinajstić information content (AvgIpc) is 3.11. The van der Waals surface area contributed by atoms with Crippen LogP contribution in [0.1, 0.15) is 34.1 Å². The van der Waals surface area contributed by atoms with Crippen molar-refractivity contribution < 1.29 is 38.3 Å². The molecule has 216 valence electrons. The zero-order valence-electron chi connectivity index (χ0n) is 22.9. The number of amides is 1. The van der Waals surface area contributed by atoms with Gasteiger partial charge in [0, 0.05) is 11.6 Å². The lowest BCUT2D eigenvalue weighted by Crippen LogP contribution is -2.53. The molecule has 12 heteroatoms. The molecule has 2 aromatic rings. The van der Waals surface area contributed by atoms with Crippen LogP contribution in [0.25, 0.3) is 10.8 Å². The lowest BCUT2D eigenvalue weighted by atomic mass is 9.95. The number of nitrogens with zero attached hydrogens (tertiary/aromatic N) is 1. The third-order valence-electron chi connectivity index (χ3n) is 6.58. The second-order valence-electron chi connectivity index (χ2n) is 10.3. The summed E-state index contributed by atoms with van der Waals surface area (Å²) in [6.45, 7) is 6.45. The van der Waals surface area contributed by atoms with Gasteiger partial charge in [-0.25, -0.2) is 5.09 Å². The number of rotatable bonds is 10. The highest BCUT2D eigenvalue weighted by Crippen LogP contribution is 2.48. The standard InChI is InChI=1S/C28H35N2O8PS/c1-17(2)36-26(33)19(4)29-39(40,38-22-12-8-10-20-9-6-7-11-21(20)22)35-16-23-25(32)28(5,34)27(37-23)30-14-13-18(3)15-24(30)31/h6-14,17,19,23,25,27,32,34H,3,15-16H2,1-2,4-5H3,(H,29,40)/t19?,23-,25-,27-,28-,39?/m1/s1. The van der Waals surface area contributed by atoms with Crippen LogP contribution in [-0.2, 0) is 35.4 Å². The van der Waals surface area contributed by atoms with Gasteiger partial charge in [-0.1, -0.05) is 43.0 Å². The molecule has 4 rings (SSSR count). The zero-order chi connectivity index (χ0) is 29.2. The Kier molecular flexibility index (Phi) is 9.16. The Balaban J connectivity index is 1.57. The van der Waals surface area contributed by atoms with E-state index in [0.717, 1.165) is 10.8 Å². The van der Waals surface area contributed by atoms with Gasteiger partial charge in [0.25, 0.3) is 0 Å². The minimum absolute atomic E-state index is 0.0671. The van der Waals surface area contributed by atoms with E-state index in [9.17, 15) is 19.8 Å². The van der Waals surface area contributed by atoms with Gasteiger partial charge in [-0.2, -0.15) is 0 Å². The fourth-order valence-corrected chi connectivity index (χ4v) is 6.91. The number of allylic oxidation sites excluding steroid dienone is 1. The van der Waals surface area contributed by atoms with Crippen LogP contribution in [0.5, 0.6) is 5.75 Å². The Bertz CT molecular complexity index is 1360. The average molecular weight is 591 g/mol. The molecule has 2 aliphatic heterocycles. The Hall–Kier alpha value is -2.63. The summed E-state index contributed by atoms with van der Waals surface area (Å²) >= 11 is 5.84. The van der Waals surface area contributed by atoms with Crippen LogP contribution >= 0.6 is 6.64 Å². The van der Waals surface area contributed by atoms with Crippen molar-refractivity contribution in [2.45, 2.75) is 70.3 Å².